The van der Waals surface area contributed by atoms with Gasteiger partial charge in [0.15, 0.2) is 0 Å². The molecule has 0 aromatic rings. The van der Waals surface area contributed by atoms with Crippen LogP contribution in [0.3, 0.4) is 0 Å². The van der Waals surface area contributed by atoms with Crippen LogP contribution >= 0.6 is 0 Å². The number of carbonyl (C=O) groups excluding carboxylic acids is 3. The molecule has 2 amide bonds. The van der Waals surface area contributed by atoms with Gasteiger partial charge in [0.25, 0.3) is 0 Å². The molecule has 2 aliphatic heterocycles. The van der Waals surface area contributed by atoms with Crippen molar-refractivity contribution in [2.45, 2.75) is 77.1 Å². The Morgan fingerprint density at radius 1 is 1.24 bits per heavy atom. The zero-order chi connectivity index (χ0) is 18.6. The van der Waals surface area contributed by atoms with Gasteiger partial charge in [-0.05, 0) is 53.4 Å². The fraction of sp³-hybridized carbons (Fsp3) is 0.722. The van der Waals surface area contributed by atoms with Crippen LogP contribution in [0, 0.1) is 0 Å². The molecule has 0 saturated carbocycles. The van der Waals surface area contributed by atoms with Crippen LogP contribution in [0.1, 0.15) is 53.4 Å². The van der Waals surface area contributed by atoms with Crippen molar-refractivity contribution in [3.63, 3.8) is 0 Å². The number of rotatable bonds is 3. The molecule has 2 aliphatic rings. The lowest BCUT2D eigenvalue weighted by molar-refractivity contribution is -0.154. The molecule has 0 radical (unpaired) electrons. The average Bonchev–Trinajstić information content (AvgIpc) is 2.90. The van der Waals surface area contributed by atoms with Gasteiger partial charge in [-0.25, -0.2) is 9.59 Å². The summed E-state index contributed by atoms with van der Waals surface area (Å²) in [6, 6.07) is -1.36. The van der Waals surface area contributed by atoms with Crippen LogP contribution in [0.5, 0.6) is 0 Å². The first-order valence-electron chi connectivity index (χ1n) is 8.86. The Kier molecular flexibility index (Phi) is 6.08. The molecular formula is C18H28N2O5. The van der Waals surface area contributed by atoms with Crippen LogP contribution in [0.15, 0.2) is 12.2 Å². The van der Waals surface area contributed by atoms with Crippen molar-refractivity contribution < 1.29 is 23.9 Å². The molecule has 1 N–H and O–H groups in total. The molecule has 0 spiro atoms. The summed E-state index contributed by atoms with van der Waals surface area (Å²) in [6.45, 7) is 7.32. The topological polar surface area (TPSA) is 84.9 Å². The van der Waals surface area contributed by atoms with Gasteiger partial charge in [0, 0.05) is 6.04 Å². The number of alkyl carbamates (subject to hydrolysis) is 1. The first-order chi connectivity index (χ1) is 11.7. The van der Waals surface area contributed by atoms with Crippen molar-refractivity contribution in [3.8, 4) is 0 Å². The fourth-order valence-corrected chi connectivity index (χ4v) is 3.25. The van der Waals surface area contributed by atoms with E-state index in [1.165, 1.54) is 0 Å². The van der Waals surface area contributed by atoms with Crippen molar-refractivity contribution in [1.29, 1.82) is 0 Å². The highest BCUT2D eigenvalue weighted by Gasteiger charge is 2.44. The monoisotopic (exact) mass is 352 g/mol. The van der Waals surface area contributed by atoms with E-state index in [1.807, 2.05) is 12.2 Å². The summed E-state index contributed by atoms with van der Waals surface area (Å²) in [5, 5.41) is 2.64. The maximum Gasteiger partial charge on any atom is 0.408 e. The molecule has 0 unspecified atom stereocenters. The van der Waals surface area contributed by atoms with Gasteiger partial charge in [0.05, 0.1) is 6.61 Å². The summed E-state index contributed by atoms with van der Waals surface area (Å²) in [6.07, 6.45) is 5.68. The third-order valence-electron chi connectivity index (χ3n) is 4.25. The van der Waals surface area contributed by atoms with Gasteiger partial charge < -0.3 is 19.7 Å². The standard InChI is InChI=1S/C18H28N2O5/c1-5-24-16(22)14-11-10-12-8-6-7-9-13(15(21)20(12)14)19-17(23)25-18(2,3)4/h6-7,12-14H,5,8-11H2,1-4H3,(H,19,23)/t12-,13+,14+/m1/s1. The molecule has 7 heteroatoms. The third-order valence-corrected chi connectivity index (χ3v) is 4.25. The molecule has 25 heavy (non-hydrogen) atoms. The van der Waals surface area contributed by atoms with Crippen LogP contribution in [-0.4, -0.2) is 53.2 Å². The summed E-state index contributed by atoms with van der Waals surface area (Å²) in [5.41, 5.74) is -0.645. The Morgan fingerprint density at radius 2 is 1.92 bits per heavy atom. The van der Waals surface area contributed by atoms with Crippen molar-refractivity contribution in [2.75, 3.05) is 6.61 Å². The van der Waals surface area contributed by atoms with E-state index in [0.717, 1.165) is 6.42 Å². The minimum atomic E-state index is -0.746. The molecule has 1 saturated heterocycles. The zero-order valence-electron chi connectivity index (χ0n) is 15.4. The number of nitrogens with zero attached hydrogens (tertiary/aromatic N) is 1. The second-order valence-electron chi connectivity index (χ2n) is 7.39. The predicted molar refractivity (Wildman–Crippen MR) is 91.8 cm³/mol. The van der Waals surface area contributed by atoms with Crippen LogP contribution in [-0.2, 0) is 19.1 Å². The van der Waals surface area contributed by atoms with E-state index in [4.69, 9.17) is 9.47 Å². The summed E-state index contributed by atoms with van der Waals surface area (Å²) < 4.78 is 10.4. The van der Waals surface area contributed by atoms with Crippen molar-refractivity contribution in [1.82, 2.24) is 10.2 Å². The van der Waals surface area contributed by atoms with Gasteiger partial charge in [0.2, 0.25) is 5.91 Å². The summed E-state index contributed by atoms with van der Waals surface area (Å²) in [4.78, 5) is 38.9. The Labute approximate surface area is 148 Å². The lowest BCUT2D eigenvalue weighted by Gasteiger charge is -2.33. The van der Waals surface area contributed by atoms with Crippen LogP contribution in [0.25, 0.3) is 0 Å². The predicted octanol–water partition coefficient (Wildman–Crippen LogP) is 2.15. The first kappa shape index (κ1) is 19.3. The zero-order valence-corrected chi connectivity index (χ0v) is 15.4. The number of nitrogens with one attached hydrogen (secondary N) is 1. The number of amides is 2. The molecule has 7 nitrogen and oxygen atoms in total. The van der Waals surface area contributed by atoms with Crippen LogP contribution in [0.4, 0.5) is 4.79 Å². The number of esters is 1. The Hall–Kier alpha value is -2.05. The first-order valence-corrected chi connectivity index (χ1v) is 8.86. The summed E-state index contributed by atoms with van der Waals surface area (Å²) in [5.74, 6) is -0.630. The molecule has 2 rings (SSSR count). The number of fused-ring (bicyclic) bond motifs is 1. The van der Waals surface area contributed by atoms with E-state index in [2.05, 4.69) is 5.32 Å². The second kappa shape index (κ2) is 7.89. The quantitative estimate of drug-likeness (QED) is 0.621. The Balaban J connectivity index is 2.15. The lowest BCUT2D eigenvalue weighted by atomic mass is 10.0. The molecular weight excluding hydrogens is 324 g/mol. The van der Waals surface area contributed by atoms with Gasteiger partial charge in [0.1, 0.15) is 17.7 Å². The number of hydrogen-bond acceptors (Lipinski definition) is 5. The molecule has 2 heterocycles. The highest BCUT2D eigenvalue weighted by molar-refractivity contribution is 5.90. The third kappa shape index (κ3) is 4.96. The highest BCUT2D eigenvalue weighted by atomic mass is 16.6. The average molecular weight is 352 g/mol. The number of ether oxygens (including phenoxy) is 2. The summed E-state index contributed by atoms with van der Waals surface area (Å²) >= 11 is 0. The largest absolute Gasteiger partial charge is 0.464 e. The van der Waals surface area contributed by atoms with E-state index in [-0.39, 0.29) is 24.5 Å². The van der Waals surface area contributed by atoms with Crippen LogP contribution < -0.4 is 5.32 Å². The van der Waals surface area contributed by atoms with E-state index in [0.29, 0.717) is 19.3 Å². The maximum atomic E-state index is 13.0. The fourth-order valence-electron chi connectivity index (χ4n) is 3.25. The van der Waals surface area contributed by atoms with Crippen molar-refractivity contribution in [2.24, 2.45) is 0 Å². The smallest absolute Gasteiger partial charge is 0.408 e. The van der Waals surface area contributed by atoms with Gasteiger partial charge in [-0.15, -0.1) is 0 Å². The molecule has 1 fully saturated rings. The molecule has 0 aliphatic carbocycles. The number of carbonyl (C=O) groups is 3. The van der Waals surface area contributed by atoms with E-state index < -0.39 is 23.8 Å². The second-order valence-corrected chi connectivity index (χ2v) is 7.39. The van der Waals surface area contributed by atoms with Gasteiger partial charge >= 0.3 is 12.1 Å². The van der Waals surface area contributed by atoms with Crippen LogP contribution in [0.2, 0.25) is 0 Å². The minimum absolute atomic E-state index is 0.0404. The SMILES string of the molecule is CCOC(=O)[C@@H]1CC[C@H]2CC=CC[C@H](NC(=O)OC(C)(C)C)C(=O)N21. The number of hydrogen-bond donors (Lipinski definition) is 1. The van der Waals surface area contributed by atoms with E-state index in [9.17, 15) is 14.4 Å². The minimum Gasteiger partial charge on any atom is -0.464 e. The van der Waals surface area contributed by atoms with Crippen molar-refractivity contribution >= 4 is 18.0 Å². The summed E-state index contributed by atoms with van der Waals surface area (Å²) in [7, 11) is 0. The highest BCUT2D eigenvalue weighted by Crippen LogP contribution is 2.30. The lowest BCUT2D eigenvalue weighted by Crippen LogP contribution is -2.55. The van der Waals surface area contributed by atoms with Gasteiger partial charge in [-0.1, -0.05) is 12.2 Å². The van der Waals surface area contributed by atoms with Crippen molar-refractivity contribution in [3.05, 3.63) is 12.2 Å². The Morgan fingerprint density at radius 3 is 2.56 bits per heavy atom. The van der Waals surface area contributed by atoms with Gasteiger partial charge in [-0.3, -0.25) is 4.79 Å². The molecule has 0 bridgehead atoms. The van der Waals surface area contributed by atoms with E-state index >= 15 is 0 Å². The maximum absolute atomic E-state index is 13.0. The van der Waals surface area contributed by atoms with E-state index in [1.54, 1.807) is 32.6 Å². The molecule has 0 aromatic heterocycles. The normalized spacial score (nSPS) is 26.5. The Bertz CT molecular complexity index is 552. The molecule has 0 aromatic carbocycles. The molecule has 140 valence electrons. The molecule has 3 atom stereocenters. The van der Waals surface area contributed by atoms with Gasteiger partial charge in [-0.2, -0.15) is 0 Å².